The lowest BCUT2D eigenvalue weighted by Crippen LogP contribution is -2.53. The Morgan fingerprint density at radius 1 is 1.30 bits per heavy atom. The van der Waals surface area contributed by atoms with Crippen LogP contribution in [0.25, 0.3) is 6.08 Å². The fourth-order valence-corrected chi connectivity index (χ4v) is 2.60. The smallest absolute Gasteiger partial charge is 0.222 e. The van der Waals surface area contributed by atoms with E-state index in [1.807, 2.05) is 17.9 Å². The number of amides is 1. The molecule has 1 heterocycles. The number of piperazine rings is 1. The van der Waals surface area contributed by atoms with Gasteiger partial charge in [0.1, 0.15) is 0 Å². The van der Waals surface area contributed by atoms with Crippen molar-refractivity contribution in [1.82, 2.24) is 9.80 Å². The van der Waals surface area contributed by atoms with Crippen molar-refractivity contribution in [3.8, 4) is 0 Å². The molecule has 0 spiro atoms. The molecule has 1 saturated heterocycles. The van der Waals surface area contributed by atoms with Gasteiger partial charge in [-0.05, 0) is 12.5 Å². The quantitative estimate of drug-likeness (QED) is 0.841. The Hall–Kier alpha value is -1.61. The van der Waals surface area contributed by atoms with Crippen LogP contribution in [0.5, 0.6) is 0 Å². The minimum absolute atomic E-state index is 0.274. The van der Waals surface area contributed by atoms with Crippen LogP contribution in [0.2, 0.25) is 0 Å². The summed E-state index contributed by atoms with van der Waals surface area (Å²) in [5.74, 6) is 0.274. The molecule has 1 aliphatic rings. The minimum atomic E-state index is 0.274. The lowest BCUT2D eigenvalue weighted by atomic mass is 10.1. The van der Waals surface area contributed by atoms with E-state index in [-0.39, 0.29) is 5.91 Å². The van der Waals surface area contributed by atoms with Crippen LogP contribution in [0.1, 0.15) is 25.8 Å². The summed E-state index contributed by atoms with van der Waals surface area (Å²) in [4.78, 5) is 16.1. The summed E-state index contributed by atoms with van der Waals surface area (Å²) in [6.07, 6.45) is 4.99. The maximum absolute atomic E-state index is 11.7. The van der Waals surface area contributed by atoms with E-state index in [9.17, 15) is 4.79 Å². The first-order chi connectivity index (χ1) is 9.70. The zero-order valence-electron chi connectivity index (χ0n) is 12.5. The normalized spacial score (nSPS) is 20.5. The third-order valence-electron chi connectivity index (χ3n) is 3.87. The van der Waals surface area contributed by atoms with Crippen molar-refractivity contribution in [1.29, 1.82) is 0 Å². The Morgan fingerprint density at radius 3 is 2.70 bits per heavy atom. The van der Waals surface area contributed by atoms with E-state index in [4.69, 9.17) is 0 Å². The molecule has 2 rings (SSSR count). The third-order valence-corrected chi connectivity index (χ3v) is 3.87. The molecule has 0 N–H and O–H groups in total. The van der Waals surface area contributed by atoms with Crippen LogP contribution >= 0.6 is 0 Å². The first-order valence-electron chi connectivity index (χ1n) is 7.44. The van der Waals surface area contributed by atoms with Gasteiger partial charge >= 0.3 is 0 Å². The van der Waals surface area contributed by atoms with E-state index in [0.717, 1.165) is 26.2 Å². The molecule has 1 unspecified atom stereocenters. The van der Waals surface area contributed by atoms with E-state index < -0.39 is 0 Å². The van der Waals surface area contributed by atoms with Crippen molar-refractivity contribution in [2.45, 2.75) is 26.3 Å². The molecule has 1 aliphatic heterocycles. The highest BCUT2D eigenvalue weighted by molar-refractivity contribution is 5.75. The predicted octanol–water partition coefficient (Wildman–Crippen LogP) is 2.64. The van der Waals surface area contributed by atoms with Gasteiger partial charge < -0.3 is 4.90 Å². The molecule has 0 bridgehead atoms. The van der Waals surface area contributed by atoms with Crippen molar-refractivity contribution in [3.05, 3.63) is 42.0 Å². The molecule has 0 aliphatic carbocycles. The minimum Gasteiger partial charge on any atom is -0.340 e. The lowest BCUT2D eigenvalue weighted by Gasteiger charge is -2.39. The standard InChI is InChI=1S/C17H24N2O/c1-3-17(20)19-13-12-18(15(2)14-19)11-7-10-16-8-5-4-6-9-16/h4-10,15H,3,11-14H2,1-2H3/b10-7+. The van der Waals surface area contributed by atoms with Crippen molar-refractivity contribution in [2.24, 2.45) is 0 Å². The van der Waals surface area contributed by atoms with Crippen molar-refractivity contribution in [2.75, 3.05) is 26.2 Å². The van der Waals surface area contributed by atoms with Gasteiger partial charge in [-0.3, -0.25) is 9.69 Å². The first-order valence-corrected chi connectivity index (χ1v) is 7.44. The van der Waals surface area contributed by atoms with Gasteiger partial charge in [0.2, 0.25) is 5.91 Å². The highest BCUT2D eigenvalue weighted by Crippen LogP contribution is 2.11. The maximum Gasteiger partial charge on any atom is 0.222 e. The molecule has 1 aromatic rings. The molecule has 1 fully saturated rings. The summed E-state index contributed by atoms with van der Waals surface area (Å²) in [7, 11) is 0. The van der Waals surface area contributed by atoms with Crippen LogP contribution in [0, 0.1) is 0 Å². The van der Waals surface area contributed by atoms with Crippen molar-refractivity contribution < 1.29 is 4.79 Å². The van der Waals surface area contributed by atoms with Gasteiger partial charge in [0.25, 0.3) is 0 Å². The molecule has 1 atom stereocenters. The van der Waals surface area contributed by atoms with Gasteiger partial charge in [0.05, 0.1) is 0 Å². The molecule has 0 saturated carbocycles. The Bertz CT molecular complexity index is 455. The van der Waals surface area contributed by atoms with Gasteiger partial charge in [-0.1, -0.05) is 49.4 Å². The number of nitrogens with zero attached hydrogens (tertiary/aromatic N) is 2. The zero-order valence-corrected chi connectivity index (χ0v) is 12.5. The van der Waals surface area contributed by atoms with Crippen LogP contribution in [0.15, 0.2) is 36.4 Å². The van der Waals surface area contributed by atoms with E-state index in [1.54, 1.807) is 0 Å². The lowest BCUT2D eigenvalue weighted by molar-refractivity contribution is -0.133. The number of rotatable bonds is 4. The van der Waals surface area contributed by atoms with Gasteiger partial charge in [0.15, 0.2) is 0 Å². The second-order valence-corrected chi connectivity index (χ2v) is 5.35. The summed E-state index contributed by atoms with van der Waals surface area (Å²) >= 11 is 0. The van der Waals surface area contributed by atoms with Gasteiger partial charge in [0, 0.05) is 38.6 Å². The van der Waals surface area contributed by atoms with Gasteiger partial charge in [-0.15, -0.1) is 0 Å². The second kappa shape index (κ2) is 7.25. The predicted molar refractivity (Wildman–Crippen MR) is 83.4 cm³/mol. The van der Waals surface area contributed by atoms with E-state index in [0.29, 0.717) is 12.5 Å². The van der Waals surface area contributed by atoms with Gasteiger partial charge in [-0.2, -0.15) is 0 Å². The maximum atomic E-state index is 11.7. The largest absolute Gasteiger partial charge is 0.340 e. The average molecular weight is 272 g/mol. The van der Waals surface area contributed by atoms with Crippen LogP contribution < -0.4 is 0 Å². The Labute approximate surface area is 121 Å². The molecule has 20 heavy (non-hydrogen) atoms. The van der Waals surface area contributed by atoms with Crippen LogP contribution in [-0.2, 0) is 4.79 Å². The Kier molecular flexibility index (Phi) is 5.36. The SMILES string of the molecule is CCC(=O)N1CCN(C/C=C/c2ccccc2)C(C)C1. The molecule has 0 radical (unpaired) electrons. The number of carbonyl (C=O) groups excluding carboxylic acids is 1. The van der Waals surface area contributed by atoms with E-state index in [2.05, 4.69) is 48.2 Å². The van der Waals surface area contributed by atoms with E-state index >= 15 is 0 Å². The van der Waals surface area contributed by atoms with Crippen molar-refractivity contribution >= 4 is 12.0 Å². The first kappa shape index (κ1) is 14.8. The Balaban J connectivity index is 1.83. The molecule has 1 amide bonds. The number of hydrogen-bond donors (Lipinski definition) is 0. The summed E-state index contributed by atoms with van der Waals surface area (Å²) < 4.78 is 0. The molecular weight excluding hydrogens is 248 g/mol. The summed E-state index contributed by atoms with van der Waals surface area (Å²) in [5.41, 5.74) is 1.24. The fraction of sp³-hybridized carbons (Fsp3) is 0.471. The van der Waals surface area contributed by atoms with Crippen LogP contribution in [0.3, 0.4) is 0 Å². The highest BCUT2D eigenvalue weighted by Gasteiger charge is 2.24. The summed E-state index contributed by atoms with van der Waals surface area (Å²) in [5, 5.41) is 0. The Morgan fingerprint density at radius 2 is 2.05 bits per heavy atom. The molecule has 1 aromatic carbocycles. The average Bonchev–Trinajstić information content (AvgIpc) is 2.49. The van der Waals surface area contributed by atoms with Crippen LogP contribution in [-0.4, -0.2) is 47.9 Å². The second-order valence-electron chi connectivity index (χ2n) is 5.35. The topological polar surface area (TPSA) is 23.6 Å². The monoisotopic (exact) mass is 272 g/mol. The summed E-state index contributed by atoms with van der Waals surface area (Å²) in [6, 6.07) is 10.8. The molecule has 108 valence electrons. The van der Waals surface area contributed by atoms with E-state index in [1.165, 1.54) is 5.56 Å². The van der Waals surface area contributed by atoms with Crippen molar-refractivity contribution in [3.63, 3.8) is 0 Å². The molecule has 0 aromatic heterocycles. The van der Waals surface area contributed by atoms with Gasteiger partial charge in [-0.25, -0.2) is 0 Å². The number of carbonyl (C=O) groups is 1. The third kappa shape index (κ3) is 3.94. The number of benzene rings is 1. The zero-order chi connectivity index (χ0) is 14.4. The number of hydrogen-bond acceptors (Lipinski definition) is 2. The highest BCUT2D eigenvalue weighted by atomic mass is 16.2. The molecule has 3 nitrogen and oxygen atoms in total. The summed E-state index contributed by atoms with van der Waals surface area (Å²) in [6.45, 7) is 7.76. The fourth-order valence-electron chi connectivity index (χ4n) is 2.60. The van der Waals surface area contributed by atoms with Crippen LogP contribution in [0.4, 0.5) is 0 Å². The molecule has 3 heteroatoms. The molecular formula is C17H24N2O.